The van der Waals surface area contributed by atoms with Crippen LogP contribution < -0.4 is 5.32 Å². The molecule has 0 saturated heterocycles. The van der Waals surface area contributed by atoms with E-state index in [9.17, 15) is 42.4 Å². The van der Waals surface area contributed by atoms with Gasteiger partial charge in [0.25, 0.3) is 0 Å². The molecule has 7 atom stereocenters. The molecule has 27 heteroatoms. The van der Waals surface area contributed by atoms with E-state index in [4.69, 9.17) is 33.0 Å². The van der Waals surface area contributed by atoms with Crippen LogP contribution in [0.2, 0.25) is 0 Å². The second kappa shape index (κ2) is 23.0. The fraction of sp³-hybridized carbons (Fsp3) is 1.00. The van der Waals surface area contributed by atoms with Crippen molar-refractivity contribution >= 4 is 39.1 Å². The lowest BCUT2D eigenvalue weighted by molar-refractivity contribution is 0.0689. The number of aliphatic hydroxyl groups excluding tert-OH is 1. The van der Waals surface area contributed by atoms with Gasteiger partial charge in [0.1, 0.15) is 0 Å². The number of hydrogen-bond donors (Lipinski definition) is 8. The van der Waals surface area contributed by atoms with Gasteiger partial charge in [-0.15, -0.1) is 0 Å². The van der Waals surface area contributed by atoms with Gasteiger partial charge in [0, 0.05) is 30.9 Å². The van der Waals surface area contributed by atoms with Gasteiger partial charge in [0.15, 0.2) is 0 Å². The Bertz CT molecular complexity index is 1070. The van der Waals surface area contributed by atoms with E-state index in [1.165, 1.54) is 7.05 Å². The Kier molecular flexibility index (Phi) is 23.3. The van der Waals surface area contributed by atoms with Crippen LogP contribution in [0.4, 0.5) is 0 Å². The highest BCUT2D eigenvalue weighted by molar-refractivity contribution is 7.48. The Morgan fingerprint density at radius 2 is 0.804 bits per heavy atom. The first-order valence-corrected chi connectivity index (χ1v) is 21.1. The highest BCUT2D eigenvalue weighted by atomic mass is 31.2. The number of nitrogens with one attached hydrogen (secondary N) is 1. The lowest BCUT2D eigenvalue weighted by Gasteiger charge is -2.21. The molecule has 0 fully saturated rings. The minimum absolute atomic E-state index is 0.0623. The van der Waals surface area contributed by atoms with Crippen molar-refractivity contribution in [3.63, 3.8) is 0 Å². The van der Waals surface area contributed by atoms with Gasteiger partial charge in [-0.3, -0.25) is 40.7 Å². The van der Waals surface area contributed by atoms with Crippen molar-refractivity contribution in [1.29, 1.82) is 0 Å². The topological polar surface area (TPSA) is 322 Å². The van der Waals surface area contributed by atoms with Crippen molar-refractivity contribution in [2.75, 3.05) is 79.7 Å². The number of aliphatic hydroxyl groups is 1. The van der Waals surface area contributed by atoms with E-state index >= 15 is 0 Å². The van der Waals surface area contributed by atoms with Crippen LogP contribution in [0.5, 0.6) is 0 Å². The molecule has 0 rings (SSSR count). The predicted molar refractivity (Wildman–Crippen MR) is 157 cm³/mol. The van der Waals surface area contributed by atoms with Crippen molar-refractivity contribution in [2.24, 2.45) is 17.8 Å². The third kappa shape index (κ3) is 25.4. The van der Waals surface area contributed by atoms with Crippen LogP contribution >= 0.6 is 39.1 Å². The zero-order valence-corrected chi connectivity index (χ0v) is 30.0. The molecule has 0 aromatic carbocycles. The van der Waals surface area contributed by atoms with Gasteiger partial charge >= 0.3 is 39.1 Å². The van der Waals surface area contributed by atoms with E-state index in [2.05, 4.69) is 27.9 Å². The van der Waals surface area contributed by atoms with Gasteiger partial charge in [-0.05, 0) is 19.9 Å². The Hall–Kier alpha value is 0.470. The summed E-state index contributed by atoms with van der Waals surface area (Å²) >= 11 is 0. The predicted octanol–water partition coefficient (Wildman–Crippen LogP) is 1.51. The zero-order valence-electron chi connectivity index (χ0n) is 25.5. The van der Waals surface area contributed by atoms with E-state index in [0.717, 1.165) is 0 Å². The number of hydrogen-bond acceptors (Lipinski definition) is 16. The van der Waals surface area contributed by atoms with Gasteiger partial charge < -0.3 is 39.8 Å². The number of phosphoric ester groups is 5. The largest absolute Gasteiger partial charge is 0.472 e. The van der Waals surface area contributed by atoms with E-state index in [0.29, 0.717) is 6.42 Å². The highest BCUT2D eigenvalue weighted by Gasteiger charge is 2.29. The smallest absolute Gasteiger partial charge is 0.396 e. The molecule has 7 unspecified atom stereocenters. The summed E-state index contributed by atoms with van der Waals surface area (Å²) in [5, 5.41) is 11.8. The fourth-order valence-electron chi connectivity index (χ4n) is 2.80. The maximum atomic E-state index is 12.2. The molecule has 0 amide bonds. The molecule has 0 saturated carbocycles. The molecule has 0 aliphatic rings. The van der Waals surface area contributed by atoms with Crippen LogP contribution in [0.15, 0.2) is 0 Å². The van der Waals surface area contributed by atoms with Crippen LogP contribution in [0, 0.1) is 17.8 Å². The molecule has 46 heavy (non-hydrogen) atoms. The average molecular weight is 779 g/mol. The first kappa shape index (κ1) is 46.5. The summed E-state index contributed by atoms with van der Waals surface area (Å²) in [5.74, 6) is -1.84. The molecule has 0 aliphatic carbocycles. The molecule has 0 spiro atoms. The quantitative estimate of drug-likeness (QED) is 0.0378. The van der Waals surface area contributed by atoms with Crippen LogP contribution in [0.3, 0.4) is 0 Å². The Balaban J connectivity index is 4.53. The Labute approximate surface area is 266 Å². The molecule has 0 aromatic heterocycles. The van der Waals surface area contributed by atoms with Crippen molar-refractivity contribution in [1.82, 2.24) is 5.32 Å². The van der Waals surface area contributed by atoms with Crippen molar-refractivity contribution in [2.45, 2.75) is 26.7 Å². The minimum Gasteiger partial charge on any atom is -0.396 e. The molecule has 0 aromatic rings. The van der Waals surface area contributed by atoms with Crippen molar-refractivity contribution in [3.8, 4) is 0 Å². The highest BCUT2D eigenvalue weighted by Crippen LogP contribution is 2.48. The van der Waals surface area contributed by atoms with Gasteiger partial charge in [-0.25, -0.2) is 22.8 Å². The van der Waals surface area contributed by atoms with Gasteiger partial charge in [-0.1, -0.05) is 13.8 Å². The van der Waals surface area contributed by atoms with E-state index in [1.807, 2.05) is 0 Å². The van der Waals surface area contributed by atoms with E-state index < -0.39 is 104 Å². The third-order valence-electron chi connectivity index (χ3n) is 5.46. The monoisotopic (exact) mass is 779 g/mol. The molecule has 278 valence electrons. The van der Waals surface area contributed by atoms with Gasteiger partial charge in [0.2, 0.25) is 0 Å². The maximum absolute atomic E-state index is 12.2. The molecule has 0 aliphatic heterocycles. The molecule has 8 N–H and O–H groups in total. The van der Waals surface area contributed by atoms with Crippen molar-refractivity contribution in [3.05, 3.63) is 0 Å². The van der Waals surface area contributed by atoms with E-state index in [-0.39, 0.29) is 32.1 Å². The third-order valence-corrected chi connectivity index (χ3v) is 9.88. The van der Waals surface area contributed by atoms with Gasteiger partial charge in [-0.2, -0.15) is 0 Å². The lowest BCUT2D eigenvalue weighted by atomic mass is 10.1. The van der Waals surface area contributed by atoms with Crippen LogP contribution in [-0.4, -0.2) is 114 Å². The van der Waals surface area contributed by atoms with Gasteiger partial charge in [0.05, 0.1) is 59.5 Å². The number of phosphoric acid groups is 5. The molecule has 22 nitrogen and oxygen atoms in total. The second-order valence-corrected chi connectivity index (χ2v) is 16.4. The molecule has 0 heterocycles. The lowest BCUT2D eigenvalue weighted by Crippen LogP contribution is -2.27. The first-order chi connectivity index (χ1) is 21.2. The summed E-state index contributed by atoms with van der Waals surface area (Å²) in [4.78, 5) is 56.5. The number of rotatable bonds is 30. The maximum Gasteiger partial charge on any atom is 0.472 e. The summed E-state index contributed by atoms with van der Waals surface area (Å²) in [7, 11) is -21.9. The molecule has 0 bridgehead atoms. The summed E-state index contributed by atoms with van der Waals surface area (Å²) in [6, 6.07) is 0. The summed E-state index contributed by atoms with van der Waals surface area (Å²) in [5.41, 5.74) is 0. The van der Waals surface area contributed by atoms with Crippen molar-refractivity contribution < 1.29 is 98.0 Å². The minimum atomic E-state index is -4.75. The van der Waals surface area contributed by atoms with E-state index in [1.54, 1.807) is 13.8 Å². The molecular formula is C19H46NO21P5. The van der Waals surface area contributed by atoms with Crippen LogP contribution in [0.25, 0.3) is 0 Å². The zero-order chi connectivity index (χ0) is 35.5. The summed E-state index contributed by atoms with van der Waals surface area (Å²) in [6.07, 6.45) is 0.766. The Morgan fingerprint density at radius 1 is 0.500 bits per heavy atom. The fourth-order valence-corrected chi connectivity index (χ4v) is 6.32. The SMILES string of the molecule is CCC(CO)COP(=O)(O)OCCOP(=O)(O)OCC(CNC)COP(=O)(O)OCCOP(=O)(O)OCC(CC)COP(=O)(O)O. The average Bonchev–Trinajstić information content (AvgIpc) is 2.95. The van der Waals surface area contributed by atoms with Crippen LogP contribution in [0.1, 0.15) is 26.7 Å². The summed E-state index contributed by atoms with van der Waals surface area (Å²) < 4.78 is 101. The Morgan fingerprint density at radius 3 is 1.09 bits per heavy atom. The second-order valence-electron chi connectivity index (χ2n) is 9.33. The molecule has 0 radical (unpaired) electrons. The standard InChI is InChI=1S/C19H46NO21P5/c1-4-17(11-21)12-38-43(25,26)33-6-8-35-45(29,30)40-15-19(10-20-3)16-41-46(31,32)36-9-7-34-44(27,28)39-14-18(5-2)13-37-42(22,23)24/h17-21H,4-16H2,1-3H3,(H,25,26)(H,27,28)(H,29,30)(H,31,32)(H2,22,23,24). The first-order valence-electron chi connectivity index (χ1n) is 13.6. The van der Waals surface area contributed by atoms with Crippen LogP contribution in [-0.2, 0) is 63.5 Å². The molecular weight excluding hydrogens is 733 g/mol. The normalized spacial score (nSPS) is 19.8. The summed E-state index contributed by atoms with van der Waals surface area (Å²) in [6.45, 7) is -1.74.